The van der Waals surface area contributed by atoms with Crippen molar-refractivity contribution >= 4 is 27.5 Å². The molecule has 80 valence electrons. The summed E-state index contributed by atoms with van der Waals surface area (Å²) in [6, 6.07) is 7.08. The van der Waals surface area contributed by atoms with Crippen molar-refractivity contribution in [2.75, 3.05) is 0 Å². The van der Waals surface area contributed by atoms with Gasteiger partial charge in [-0.05, 0) is 25.5 Å². The summed E-state index contributed by atoms with van der Waals surface area (Å²) in [6.07, 6.45) is 0.560. The summed E-state index contributed by atoms with van der Waals surface area (Å²) in [5.41, 5.74) is 0.597. The zero-order valence-corrected chi connectivity index (χ0v) is 10.4. The van der Waals surface area contributed by atoms with E-state index in [0.29, 0.717) is 12.0 Å². The minimum atomic E-state index is -0.494. The van der Waals surface area contributed by atoms with Crippen LogP contribution in [0.3, 0.4) is 0 Å². The molecule has 0 saturated heterocycles. The largest absolute Gasteiger partial charge is 0.299 e. The molecule has 0 bridgehead atoms. The van der Waals surface area contributed by atoms with Crippen LogP contribution in [0.5, 0.6) is 0 Å². The first-order valence-electron chi connectivity index (χ1n) is 4.86. The fourth-order valence-electron chi connectivity index (χ4n) is 1.47. The molecule has 0 radical (unpaired) electrons. The zero-order valence-electron chi connectivity index (χ0n) is 8.79. The Bertz CT molecular complexity index is 368. The summed E-state index contributed by atoms with van der Waals surface area (Å²) in [4.78, 5) is 23.1. The molecule has 0 amide bonds. The number of carbonyl (C=O) groups is 2. The maximum absolute atomic E-state index is 11.9. The molecule has 0 N–H and O–H groups in total. The fourth-order valence-corrected chi connectivity index (χ4v) is 1.74. The van der Waals surface area contributed by atoms with Crippen LogP contribution in [0.2, 0.25) is 0 Å². The highest BCUT2D eigenvalue weighted by molar-refractivity contribution is 9.10. The van der Waals surface area contributed by atoms with Crippen LogP contribution < -0.4 is 0 Å². The molecular weight excluding hydrogens is 256 g/mol. The zero-order chi connectivity index (χ0) is 11.4. The van der Waals surface area contributed by atoms with Gasteiger partial charge in [0.1, 0.15) is 5.78 Å². The van der Waals surface area contributed by atoms with Gasteiger partial charge in [0.25, 0.3) is 0 Å². The number of hydrogen-bond donors (Lipinski definition) is 0. The third kappa shape index (κ3) is 2.99. The van der Waals surface area contributed by atoms with Crippen molar-refractivity contribution in [3.05, 3.63) is 34.3 Å². The highest BCUT2D eigenvalue weighted by Crippen LogP contribution is 2.16. The molecule has 0 heterocycles. The predicted molar refractivity (Wildman–Crippen MR) is 62.9 cm³/mol. The number of rotatable bonds is 4. The van der Waals surface area contributed by atoms with Crippen LogP contribution in [0.1, 0.15) is 30.6 Å². The minimum absolute atomic E-state index is 0.0644. The summed E-state index contributed by atoms with van der Waals surface area (Å²) >= 11 is 3.30. The molecule has 1 rings (SSSR count). The number of carbonyl (C=O) groups excluding carboxylic acids is 2. The van der Waals surface area contributed by atoms with Crippen molar-refractivity contribution in [3.63, 3.8) is 0 Å². The van der Waals surface area contributed by atoms with E-state index in [-0.39, 0.29) is 11.6 Å². The molecule has 2 nitrogen and oxygen atoms in total. The van der Waals surface area contributed by atoms with Crippen molar-refractivity contribution in [1.29, 1.82) is 0 Å². The van der Waals surface area contributed by atoms with Crippen molar-refractivity contribution in [3.8, 4) is 0 Å². The van der Waals surface area contributed by atoms with E-state index in [0.717, 1.165) is 4.47 Å². The third-order valence-electron chi connectivity index (χ3n) is 2.34. The van der Waals surface area contributed by atoms with Crippen molar-refractivity contribution in [2.45, 2.75) is 20.3 Å². The normalized spacial score (nSPS) is 12.2. The van der Waals surface area contributed by atoms with Crippen LogP contribution in [0.15, 0.2) is 28.7 Å². The SMILES string of the molecule is CCC(C(C)=O)C(=O)c1ccc(Br)cc1. The average Bonchev–Trinajstić information content (AvgIpc) is 2.19. The maximum Gasteiger partial charge on any atom is 0.173 e. The molecule has 1 aromatic carbocycles. The van der Waals surface area contributed by atoms with Gasteiger partial charge in [0, 0.05) is 10.0 Å². The third-order valence-corrected chi connectivity index (χ3v) is 2.87. The predicted octanol–water partition coefficient (Wildman–Crippen LogP) is 3.25. The summed E-state index contributed by atoms with van der Waals surface area (Å²) in [5.74, 6) is -0.644. The van der Waals surface area contributed by atoms with E-state index in [1.807, 2.05) is 6.92 Å². The average molecular weight is 269 g/mol. The molecule has 15 heavy (non-hydrogen) atoms. The Morgan fingerprint density at radius 3 is 2.20 bits per heavy atom. The Kier molecular flexibility index (Phi) is 4.21. The second kappa shape index (κ2) is 5.21. The molecular formula is C12H13BrO2. The van der Waals surface area contributed by atoms with Gasteiger partial charge in [-0.25, -0.2) is 0 Å². The monoisotopic (exact) mass is 268 g/mol. The summed E-state index contributed by atoms with van der Waals surface area (Å²) in [6.45, 7) is 3.31. The molecule has 0 fully saturated rings. The molecule has 0 aliphatic heterocycles. The second-order valence-corrected chi connectivity index (χ2v) is 4.36. The molecule has 3 heteroatoms. The van der Waals surface area contributed by atoms with Crippen LogP contribution in [0, 0.1) is 5.92 Å². The second-order valence-electron chi connectivity index (χ2n) is 3.44. The van der Waals surface area contributed by atoms with Crippen molar-refractivity contribution in [2.24, 2.45) is 5.92 Å². The van der Waals surface area contributed by atoms with Gasteiger partial charge >= 0.3 is 0 Å². The van der Waals surface area contributed by atoms with E-state index < -0.39 is 5.92 Å². The van der Waals surface area contributed by atoms with Crippen LogP contribution in [0.4, 0.5) is 0 Å². The van der Waals surface area contributed by atoms with Gasteiger partial charge in [0.2, 0.25) is 0 Å². The summed E-state index contributed by atoms with van der Waals surface area (Å²) in [7, 11) is 0. The number of Topliss-reactive ketones (excluding diaryl/α,β-unsaturated/α-hetero) is 2. The lowest BCUT2D eigenvalue weighted by Gasteiger charge is -2.09. The molecule has 0 spiro atoms. The molecule has 0 aliphatic rings. The van der Waals surface area contributed by atoms with E-state index in [1.54, 1.807) is 24.3 Å². The molecule has 1 atom stereocenters. The van der Waals surface area contributed by atoms with E-state index in [4.69, 9.17) is 0 Å². The van der Waals surface area contributed by atoms with Gasteiger partial charge in [-0.15, -0.1) is 0 Å². The maximum atomic E-state index is 11.9. The van der Waals surface area contributed by atoms with E-state index in [2.05, 4.69) is 15.9 Å². The standard InChI is InChI=1S/C12H13BrO2/c1-3-11(8(2)14)12(15)9-4-6-10(13)7-5-9/h4-7,11H,3H2,1-2H3. The van der Waals surface area contributed by atoms with E-state index in [1.165, 1.54) is 6.92 Å². The van der Waals surface area contributed by atoms with Gasteiger partial charge < -0.3 is 0 Å². The van der Waals surface area contributed by atoms with Gasteiger partial charge in [-0.2, -0.15) is 0 Å². The fraction of sp³-hybridized carbons (Fsp3) is 0.333. The molecule has 1 unspecified atom stereocenters. The number of benzene rings is 1. The topological polar surface area (TPSA) is 34.1 Å². The first-order chi connectivity index (χ1) is 7.06. The van der Waals surface area contributed by atoms with Crippen LogP contribution in [0.25, 0.3) is 0 Å². The lowest BCUT2D eigenvalue weighted by Crippen LogP contribution is -2.21. The number of hydrogen-bond acceptors (Lipinski definition) is 2. The smallest absolute Gasteiger partial charge is 0.173 e. The Morgan fingerprint density at radius 2 is 1.80 bits per heavy atom. The summed E-state index contributed by atoms with van der Waals surface area (Å²) < 4.78 is 0.926. The molecule has 0 saturated carbocycles. The Morgan fingerprint density at radius 1 is 1.27 bits per heavy atom. The highest BCUT2D eigenvalue weighted by atomic mass is 79.9. The Labute approximate surface area is 97.8 Å². The minimum Gasteiger partial charge on any atom is -0.299 e. The lowest BCUT2D eigenvalue weighted by atomic mass is 9.92. The highest BCUT2D eigenvalue weighted by Gasteiger charge is 2.22. The van der Waals surface area contributed by atoms with E-state index in [9.17, 15) is 9.59 Å². The lowest BCUT2D eigenvalue weighted by molar-refractivity contribution is -0.119. The van der Waals surface area contributed by atoms with Crippen LogP contribution >= 0.6 is 15.9 Å². The van der Waals surface area contributed by atoms with E-state index >= 15 is 0 Å². The summed E-state index contributed by atoms with van der Waals surface area (Å²) in [5, 5.41) is 0. The first kappa shape index (κ1) is 12.1. The van der Waals surface area contributed by atoms with Crippen molar-refractivity contribution in [1.82, 2.24) is 0 Å². The Hall–Kier alpha value is -0.960. The van der Waals surface area contributed by atoms with Crippen LogP contribution in [-0.2, 0) is 4.79 Å². The molecule has 0 aliphatic carbocycles. The number of ketones is 2. The first-order valence-corrected chi connectivity index (χ1v) is 5.65. The number of halogens is 1. The van der Waals surface area contributed by atoms with Crippen LogP contribution in [-0.4, -0.2) is 11.6 Å². The molecule has 1 aromatic rings. The van der Waals surface area contributed by atoms with Crippen molar-refractivity contribution < 1.29 is 9.59 Å². The molecule has 0 aromatic heterocycles. The Balaban J connectivity index is 2.93. The van der Waals surface area contributed by atoms with Gasteiger partial charge in [-0.1, -0.05) is 35.0 Å². The quantitative estimate of drug-likeness (QED) is 0.621. The van der Waals surface area contributed by atoms with Gasteiger partial charge in [0.05, 0.1) is 5.92 Å². The van der Waals surface area contributed by atoms with Gasteiger partial charge in [0.15, 0.2) is 5.78 Å². The van der Waals surface area contributed by atoms with Gasteiger partial charge in [-0.3, -0.25) is 9.59 Å².